The number of nitrogen functional groups attached to an aromatic ring is 1. The number of hydrogen-bond donors (Lipinski definition) is 2. The van der Waals surface area contributed by atoms with Gasteiger partial charge in [-0.3, -0.25) is 14.9 Å². The first-order chi connectivity index (χ1) is 16.9. The molecule has 2 aromatic carbocycles. The summed E-state index contributed by atoms with van der Waals surface area (Å²) in [6.45, 7) is 0. The number of non-ortho nitro benzene ring substituents is 1. The number of carbonyl (C=O) groups excluding carboxylic acids is 1. The number of nitrogens with one attached hydrogen (secondary N) is 1. The van der Waals surface area contributed by atoms with Crippen LogP contribution in [0.4, 0.5) is 11.5 Å². The van der Waals surface area contributed by atoms with Crippen LogP contribution in [0.3, 0.4) is 0 Å². The molecule has 0 aliphatic heterocycles. The fourth-order valence-corrected chi connectivity index (χ4v) is 3.10. The monoisotopic (exact) mass is 479 g/mol. The van der Waals surface area contributed by atoms with Crippen molar-refractivity contribution in [1.82, 2.24) is 30.7 Å². The van der Waals surface area contributed by atoms with Crippen molar-refractivity contribution in [3.63, 3.8) is 0 Å². The van der Waals surface area contributed by atoms with E-state index >= 15 is 0 Å². The van der Waals surface area contributed by atoms with Crippen LogP contribution < -0.4 is 20.6 Å². The van der Waals surface area contributed by atoms with Gasteiger partial charge in [0.15, 0.2) is 17.2 Å². The number of methoxy groups -OCH3 is 2. The summed E-state index contributed by atoms with van der Waals surface area (Å²) in [5.41, 5.74) is 8.64. The number of carbonyl (C=O) groups is 1. The summed E-state index contributed by atoms with van der Waals surface area (Å²) < 4.78 is 16.1. The number of hydrazone groups is 1. The normalized spacial score (nSPS) is 10.9. The molecule has 4 rings (SSSR count). The van der Waals surface area contributed by atoms with E-state index in [0.717, 1.165) is 4.68 Å². The minimum absolute atomic E-state index is 0.0492. The van der Waals surface area contributed by atoms with Crippen molar-refractivity contribution in [3.05, 3.63) is 63.8 Å². The number of nitrogens with zero attached hydrogens (tertiary/aromatic N) is 7. The Hall–Kier alpha value is -5.34. The maximum Gasteiger partial charge on any atom is 0.294 e. The number of ether oxygens (including phenoxy) is 2. The van der Waals surface area contributed by atoms with Crippen LogP contribution in [0.1, 0.15) is 16.1 Å². The Morgan fingerprint density at radius 1 is 1.20 bits per heavy atom. The Morgan fingerprint density at radius 2 is 2.00 bits per heavy atom. The number of hydrogen-bond acceptors (Lipinski definition) is 12. The number of aromatic nitrogens is 5. The average Bonchev–Trinajstić information content (AvgIpc) is 3.49. The van der Waals surface area contributed by atoms with Crippen molar-refractivity contribution in [2.24, 2.45) is 5.10 Å². The topological polar surface area (TPSA) is 199 Å². The van der Waals surface area contributed by atoms with Crippen molar-refractivity contribution in [2.75, 3.05) is 20.0 Å². The molecular formula is C20H17N9O6. The second-order valence-electron chi connectivity index (χ2n) is 6.79. The Morgan fingerprint density at radius 3 is 2.69 bits per heavy atom. The molecule has 1 amide bonds. The highest BCUT2D eigenvalue weighted by Gasteiger charge is 2.26. The van der Waals surface area contributed by atoms with E-state index in [9.17, 15) is 14.9 Å². The zero-order chi connectivity index (χ0) is 24.9. The van der Waals surface area contributed by atoms with Crippen LogP contribution in [0.15, 0.2) is 52.2 Å². The molecule has 0 unspecified atom stereocenters. The van der Waals surface area contributed by atoms with Crippen LogP contribution in [0.25, 0.3) is 17.1 Å². The lowest BCUT2D eigenvalue weighted by Crippen LogP contribution is -2.19. The van der Waals surface area contributed by atoms with Gasteiger partial charge in [0.05, 0.1) is 25.4 Å². The molecule has 0 saturated carbocycles. The van der Waals surface area contributed by atoms with Gasteiger partial charge in [0.1, 0.15) is 5.69 Å². The highest BCUT2D eigenvalue weighted by molar-refractivity contribution is 5.99. The first-order valence-corrected chi connectivity index (χ1v) is 9.77. The second-order valence-corrected chi connectivity index (χ2v) is 6.79. The fourth-order valence-electron chi connectivity index (χ4n) is 3.10. The van der Waals surface area contributed by atoms with E-state index in [-0.39, 0.29) is 34.3 Å². The summed E-state index contributed by atoms with van der Waals surface area (Å²) >= 11 is 0. The van der Waals surface area contributed by atoms with Crippen molar-refractivity contribution in [1.29, 1.82) is 0 Å². The molecule has 2 heterocycles. The Kier molecular flexibility index (Phi) is 6.30. The maximum absolute atomic E-state index is 12.9. The fraction of sp³-hybridized carbons (Fsp3) is 0.100. The molecule has 0 atom stereocenters. The summed E-state index contributed by atoms with van der Waals surface area (Å²) in [7, 11) is 3.01. The highest BCUT2D eigenvalue weighted by atomic mass is 16.6. The SMILES string of the molecule is COc1ccc(C=NNC(=O)c2nnn(-c3nonc3N)c2-c2cccc([N+](=O)[O-])c2)cc1OC. The van der Waals surface area contributed by atoms with E-state index in [1.165, 1.54) is 44.7 Å². The van der Waals surface area contributed by atoms with Crippen molar-refractivity contribution in [2.45, 2.75) is 0 Å². The molecule has 0 spiro atoms. The average molecular weight is 479 g/mol. The second kappa shape index (κ2) is 9.65. The summed E-state index contributed by atoms with van der Waals surface area (Å²) in [6, 6.07) is 10.6. The number of rotatable bonds is 8. The zero-order valence-electron chi connectivity index (χ0n) is 18.3. The molecule has 35 heavy (non-hydrogen) atoms. The van der Waals surface area contributed by atoms with E-state index in [1.54, 1.807) is 18.2 Å². The van der Waals surface area contributed by atoms with Crippen LogP contribution in [-0.4, -0.2) is 56.6 Å². The van der Waals surface area contributed by atoms with Gasteiger partial charge in [-0.05, 0) is 34.1 Å². The van der Waals surface area contributed by atoms with Crippen LogP contribution in [0, 0.1) is 10.1 Å². The zero-order valence-corrected chi connectivity index (χ0v) is 18.3. The van der Waals surface area contributed by atoms with Crippen molar-refractivity contribution < 1.29 is 23.8 Å². The standard InChI is InChI=1S/C20H17N9O6/c1-33-14-7-6-11(8-15(14)34-2)10-22-24-20(30)16-17(12-4-3-5-13(9-12)29(31)32)28(27-23-16)19-18(21)25-35-26-19/h3-10H,1-2H3,(H2,21,25)(H,24,30). The van der Waals surface area contributed by atoms with Gasteiger partial charge in [0.2, 0.25) is 11.6 Å². The summed E-state index contributed by atoms with van der Waals surface area (Å²) in [4.78, 5) is 23.6. The highest BCUT2D eigenvalue weighted by Crippen LogP contribution is 2.29. The smallest absolute Gasteiger partial charge is 0.294 e. The molecule has 0 bridgehead atoms. The van der Waals surface area contributed by atoms with Gasteiger partial charge in [-0.2, -0.15) is 9.78 Å². The molecule has 0 aliphatic carbocycles. The van der Waals surface area contributed by atoms with Gasteiger partial charge in [0, 0.05) is 17.7 Å². The third-order valence-electron chi connectivity index (χ3n) is 4.70. The summed E-state index contributed by atoms with van der Waals surface area (Å²) in [5, 5.41) is 30.2. The molecule has 0 saturated heterocycles. The number of benzene rings is 2. The molecule has 0 fully saturated rings. The third kappa shape index (κ3) is 4.58. The largest absolute Gasteiger partial charge is 0.493 e. The molecule has 2 aromatic heterocycles. The van der Waals surface area contributed by atoms with E-state index in [2.05, 4.69) is 35.8 Å². The maximum atomic E-state index is 12.9. The predicted octanol–water partition coefficient (Wildman–Crippen LogP) is 1.59. The van der Waals surface area contributed by atoms with Gasteiger partial charge < -0.3 is 15.2 Å². The quantitative estimate of drug-likeness (QED) is 0.211. The number of amides is 1. The number of anilines is 1. The van der Waals surface area contributed by atoms with Crippen molar-refractivity contribution >= 4 is 23.6 Å². The Labute approximate surface area is 196 Å². The van der Waals surface area contributed by atoms with Gasteiger partial charge in [-0.25, -0.2) is 10.1 Å². The minimum atomic E-state index is -0.746. The Balaban J connectivity index is 1.68. The van der Waals surface area contributed by atoms with Crippen LogP contribution in [0.5, 0.6) is 11.5 Å². The first-order valence-electron chi connectivity index (χ1n) is 9.77. The molecule has 0 radical (unpaired) electrons. The van der Waals surface area contributed by atoms with Crippen LogP contribution >= 0.6 is 0 Å². The molecule has 4 aromatic rings. The summed E-state index contributed by atoms with van der Waals surface area (Å²) in [6.07, 6.45) is 1.39. The van der Waals surface area contributed by atoms with Gasteiger partial charge in [-0.1, -0.05) is 17.3 Å². The first kappa shape index (κ1) is 22.8. The van der Waals surface area contributed by atoms with E-state index < -0.39 is 10.8 Å². The molecular weight excluding hydrogens is 462 g/mol. The molecule has 15 nitrogen and oxygen atoms in total. The molecule has 15 heteroatoms. The van der Waals surface area contributed by atoms with Gasteiger partial charge >= 0.3 is 0 Å². The van der Waals surface area contributed by atoms with Gasteiger partial charge in [0.25, 0.3) is 11.6 Å². The lowest BCUT2D eigenvalue weighted by molar-refractivity contribution is -0.384. The lowest BCUT2D eigenvalue weighted by Gasteiger charge is -2.07. The summed E-state index contributed by atoms with van der Waals surface area (Å²) in [5.74, 6) is 0.0995. The van der Waals surface area contributed by atoms with Crippen molar-refractivity contribution in [3.8, 4) is 28.6 Å². The van der Waals surface area contributed by atoms with E-state index in [0.29, 0.717) is 17.1 Å². The van der Waals surface area contributed by atoms with E-state index in [1.807, 2.05) is 0 Å². The van der Waals surface area contributed by atoms with Crippen LogP contribution in [-0.2, 0) is 0 Å². The predicted molar refractivity (Wildman–Crippen MR) is 120 cm³/mol. The number of nitro groups is 1. The van der Waals surface area contributed by atoms with E-state index in [4.69, 9.17) is 15.2 Å². The molecule has 3 N–H and O–H groups in total. The Bertz CT molecular complexity index is 1430. The number of nitro benzene ring substituents is 1. The van der Waals surface area contributed by atoms with Crippen LogP contribution in [0.2, 0.25) is 0 Å². The van der Waals surface area contributed by atoms with Gasteiger partial charge in [-0.15, -0.1) is 5.10 Å². The number of nitrogens with two attached hydrogens (primary N) is 1. The third-order valence-corrected chi connectivity index (χ3v) is 4.70. The minimum Gasteiger partial charge on any atom is -0.493 e. The molecule has 178 valence electrons. The molecule has 0 aliphatic rings. The lowest BCUT2D eigenvalue weighted by atomic mass is 10.1.